The highest BCUT2D eigenvalue weighted by Gasteiger charge is 2.26. The summed E-state index contributed by atoms with van der Waals surface area (Å²) in [6, 6.07) is 0. The van der Waals surface area contributed by atoms with E-state index in [2.05, 4.69) is 48.7 Å². The van der Waals surface area contributed by atoms with Gasteiger partial charge in [-0.2, -0.15) is 0 Å². The van der Waals surface area contributed by atoms with Crippen LogP contribution in [-0.2, 0) is 0 Å². The summed E-state index contributed by atoms with van der Waals surface area (Å²) in [6.07, 6.45) is 5.34. The fourth-order valence-corrected chi connectivity index (χ4v) is 2.16. The Morgan fingerprint density at radius 1 is 1.33 bits per heavy atom. The van der Waals surface area contributed by atoms with Gasteiger partial charge in [0.25, 0.3) is 0 Å². The second-order valence-electron chi connectivity index (χ2n) is 5.12. The van der Waals surface area contributed by atoms with Gasteiger partial charge in [-0.25, -0.2) is 0 Å². The van der Waals surface area contributed by atoms with Gasteiger partial charge in [-0.05, 0) is 17.8 Å². The molecule has 0 aliphatic rings. The number of hydrogen-bond donors (Lipinski definition) is 1. The van der Waals surface area contributed by atoms with Gasteiger partial charge < -0.3 is 5.32 Å². The van der Waals surface area contributed by atoms with E-state index in [1.807, 2.05) is 6.92 Å². The van der Waals surface area contributed by atoms with Crippen molar-refractivity contribution < 1.29 is 0 Å². The molecule has 0 saturated carbocycles. The van der Waals surface area contributed by atoms with Crippen LogP contribution >= 0.6 is 22.6 Å². The average molecular weight is 321 g/mol. The van der Waals surface area contributed by atoms with Crippen molar-refractivity contribution >= 4 is 30.4 Å². The Hall–Kier alpha value is 0.755. The molecule has 2 radical (unpaired) electrons. The van der Waals surface area contributed by atoms with E-state index >= 15 is 0 Å². The lowest BCUT2D eigenvalue weighted by Crippen LogP contribution is -2.40. The third-order valence-electron chi connectivity index (χ3n) is 2.79. The van der Waals surface area contributed by atoms with Crippen LogP contribution in [0.4, 0.5) is 0 Å². The molecule has 0 aromatic heterocycles. The van der Waals surface area contributed by atoms with Gasteiger partial charge in [0.2, 0.25) is 0 Å². The van der Waals surface area contributed by atoms with Crippen molar-refractivity contribution in [1.82, 2.24) is 5.32 Å². The fraction of sp³-hybridized carbons (Fsp3) is 1.00. The van der Waals surface area contributed by atoms with Crippen molar-refractivity contribution in [2.75, 3.05) is 6.54 Å². The molecule has 88 valence electrons. The van der Waals surface area contributed by atoms with Crippen LogP contribution in [0.3, 0.4) is 0 Å². The molecule has 3 heteroatoms. The Bertz CT molecular complexity index is 160. The summed E-state index contributed by atoms with van der Waals surface area (Å²) in [4.78, 5) is 0. The van der Waals surface area contributed by atoms with Crippen molar-refractivity contribution in [3.63, 3.8) is 0 Å². The van der Waals surface area contributed by atoms with Gasteiger partial charge in [-0.3, -0.25) is 0 Å². The summed E-state index contributed by atoms with van der Waals surface area (Å²) in [7, 11) is 5.71. The Morgan fingerprint density at radius 3 is 2.40 bits per heavy atom. The van der Waals surface area contributed by atoms with Crippen LogP contribution in [-0.4, -0.2) is 24.3 Å². The number of halogens is 1. The van der Waals surface area contributed by atoms with Gasteiger partial charge in [-0.1, -0.05) is 69.5 Å². The van der Waals surface area contributed by atoms with E-state index in [0.29, 0.717) is 5.41 Å². The number of unbranched alkanes of at least 4 members (excludes halogenated alkanes) is 2. The summed E-state index contributed by atoms with van der Waals surface area (Å²) in [5, 5.41) is 3.33. The molecule has 1 N–H and O–H groups in total. The minimum atomic E-state index is 0.100. The Morgan fingerprint density at radius 2 is 1.93 bits per heavy atom. The first-order valence-electron chi connectivity index (χ1n) is 6.03. The normalized spacial score (nSPS) is 16.3. The summed E-state index contributed by atoms with van der Waals surface area (Å²) < 4.78 is 0.730. The summed E-state index contributed by atoms with van der Waals surface area (Å²) >= 11 is 2.59. The van der Waals surface area contributed by atoms with E-state index < -0.39 is 0 Å². The van der Waals surface area contributed by atoms with Crippen molar-refractivity contribution in [3.05, 3.63) is 0 Å². The SMILES string of the molecule is [B][C@@H](C)NCC(C)(C)[C@@H](I)CCCCC. The van der Waals surface area contributed by atoms with Crippen molar-refractivity contribution in [1.29, 1.82) is 0 Å². The predicted molar refractivity (Wildman–Crippen MR) is 78.9 cm³/mol. The van der Waals surface area contributed by atoms with Gasteiger partial charge in [-0.15, -0.1) is 0 Å². The molecule has 0 rings (SSSR count). The van der Waals surface area contributed by atoms with Crippen LogP contribution in [0.5, 0.6) is 0 Å². The second kappa shape index (κ2) is 7.94. The lowest BCUT2D eigenvalue weighted by Gasteiger charge is -2.32. The lowest BCUT2D eigenvalue weighted by molar-refractivity contribution is 0.322. The van der Waals surface area contributed by atoms with E-state index in [1.54, 1.807) is 0 Å². The van der Waals surface area contributed by atoms with E-state index in [9.17, 15) is 0 Å². The first kappa shape index (κ1) is 15.8. The predicted octanol–water partition coefficient (Wildman–Crippen LogP) is 3.50. The molecular formula is C12H25BIN. The summed E-state index contributed by atoms with van der Waals surface area (Å²) in [5.41, 5.74) is 0.335. The monoisotopic (exact) mass is 321 g/mol. The molecule has 1 nitrogen and oxygen atoms in total. The van der Waals surface area contributed by atoms with Crippen LogP contribution in [0.1, 0.15) is 53.4 Å². The molecule has 0 unspecified atom stereocenters. The van der Waals surface area contributed by atoms with E-state index in [4.69, 9.17) is 7.85 Å². The van der Waals surface area contributed by atoms with Crippen molar-refractivity contribution in [3.8, 4) is 0 Å². The average Bonchev–Trinajstić information content (AvgIpc) is 2.15. The second-order valence-corrected chi connectivity index (χ2v) is 6.63. The van der Waals surface area contributed by atoms with Crippen molar-refractivity contribution in [2.24, 2.45) is 5.41 Å². The van der Waals surface area contributed by atoms with Crippen LogP contribution in [0.15, 0.2) is 0 Å². The maximum absolute atomic E-state index is 5.71. The van der Waals surface area contributed by atoms with E-state index in [0.717, 1.165) is 10.5 Å². The molecule has 0 heterocycles. The molecule has 0 aromatic carbocycles. The van der Waals surface area contributed by atoms with Gasteiger partial charge >= 0.3 is 0 Å². The van der Waals surface area contributed by atoms with Gasteiger partial charge in [0.05, 0.1) is 7.85 Å². The van der Waals surface area contributed by atoms with Gasteiger partial charge in [0, 0.05) is 10.5 Å². The Labute approximate surface area is 111 Å². The molecule has 0 spiro atoms. The van der Waals surface area contributed by atoms with Gasteiger partial charge in [0.1, 0.15) is 0 Å². The first-order chi connectivity index (χ1) is 6.90. The highest BCUT2D eigenvalue weighted by Crippen LogP contribution is 2.30. The summed E-state index contributed by atoms with van der Waals surface area (Å²) in [6.45, 7) is 9.90. The standard InChI is InChI=1S/C12H25BIN/c1-5-6-7-8-11(14)12(3,4)9-15-10(2)13/h10-11,15H,5-9H2,1-4H3/t10-,11+/m1/s1. The lowest BCUT2D eigenvalue weighted by atomic mass is 9.85. The summed E-state index contributed by atoms with van der Waals surface area (Å²) in [5.74, 6) is 0.100. The minimum absolute atomic E-state index is 0.100. The van der Waals surface area contributed by atoms with Crippen LogP contribution in [0, 0.1) is 5.41 Å². The molecule has 0 aromatic rings. The zero-order valence-electron chi connectivity index (χ0n) is 10.6. The highest BCUT2D eigenvalue weighted by molar-refractivity contribution is 14.1. The van der Waals surface area contributed by atoms with Gasteiger partial charge in [0.15, 0.2) is 0 Å². The smallest absolute Gasteiger partial charge is 0.0902 e. The van der Waals surface area contributed by atoms with Crippen LogP contribution < -0.4 is 5.32 Å². The third kappa shape index (κ3) is 7.61. The topological polar surface area (TPSA) is 12.0 Å². The van der Waals surface area contributed by atoms with E-state index in [1.165, 1.54) is 25.7 Å². The molecule has 0 aliphatic carbocycles. The van der Waals surface area contributed by atoms with E-state index in [-0.39, 0.29) is 5.94 Å². The fourth-order valence-electron chi connectivity index (χ4n) is 1.50. The molecule has 2 atom stereocenters. The molecule has 0 aliphatic heterocycles. The molecule has 0 amide bonds. The zero-order valence-corrected chi connectivity index (χ0v) is 12.8. The minimum Gasteiger partial charge on any atom is -0.322 e. The molecule has 0 saturated heterocycles. The maximum Gasteiger partial charge on any atom is 0.0902 e. The molecule has 15 heavy (non-hydrogen) atoms. The quantitative estimate of drug-likeness (QED) is 0.312. The van der Waals surface area contributed by atoms with Crippen LogP contribution in [0.25, 0.3) is 0 Å². The first-order valence-corrected chi connectivity index (χ1v) is 7.27. The Balaban J connectivity index is 3.85. The van der Waals surface area contributed by atoms with Crippen molar-refractivity contribution in [2.45, 2.75) is 63.2 Å². The Kier molecular flexibility index (Phi) is 8.34. The molecular weight excluding hydrogens is 296 g/mol. The highest BCUT2D eigenvalue weighted by atomic mass is 127. The number of hydrogen-bond acceptors (Lipinski definition) is 1. The largest absolute Gasteiger partial charge is 0.322 e. The molecule has 0 fully saturated rings. The number of alkyl halides is 1. The maximum atomic E-state index is 5.71. The third-order valence-corrected chi connectivity index (χ3v) is 5.10. The zero-order chi connectivity index (χ0) is 11.9. The number of nitrogens with one attached hydrogen (secondary N) is 1. The molecule has 0 bridgehead atoms. The van der Waals surface area contributed by atoms with Crippen LogP contribution in [0.2, 0.25) is 0 Å². The number of rotatable bonds is 8.